The van der Waals surface area contributed by atoms with Crippen molar-refractivity contribution < 1.29 is 33.8 Å². The van der Waals surface area contributed by atoms with Gasteiger partial charge in [-0.2, -0.15) is 0 Å². The Morgan fingerprint density at radius 3 is 2.20 bits per heavy atom. The minimum atomic E-state index is -1.82. The van der Waals surface area contributed by atoms with Gasteiger partial charge in [0.15, 0.2) is 0 Å². The van der Waals surface area contributed by atoms with Crippen molar-refractivity contribution in [3.05, 3.63) is 78.8 Å². The molecule has 2 aromatic carbocycles. The number of ether oxygens (including phenoxy) is 1. The van der Waals surface area contributed by atoms with E-state index in [1.165, 1.54) is 0 Å². The maximum Gasteiger partial charge on any atom is 0.414 e. The predicted octanol–water partition coefficient (Wildman–Crippen LogP) is 2.96. The largest absolute Gasteiger partial charge is 0.473 e. The zero-order chi connectivity index (χ0) is 21.8. The second kappa shape index (κ2) is 11.7. The number of rotatable bonds is 7. The van der Waals surface area contributed by atoms with Crippen LogP contribution in [0.3, 0.4) is 0 Å². The molecule has 0 bridgehead atoms. The normalized spacial score (nSPS) is 9.73. The number of benzene rings is 2. The highest BCUT2D eigenvalue weighted by Gasteiger charge is 2.05. The minimum Gasteiger partial charge on any atom is -0.473 e. The Kier molecular flexibility index (Phi) is 8.63. The first-order valence-electron chi connectivity index (χ1n) is 8.76. The van der Waals surface area contributed by atoms with Crippen molar-refractivity contribution in [3.8, 4) is 11.5 Å². The first-order chi connectivity index (χ1) is 14.4. The molecule has 0 radical (unpaired) electrons. The summed E-state index contributed by atoms with van der Waals surface area (Å²) in [5.74, 6) is -1.56. The summed E-state index contributed by atoms with van der Waals surface area (Å²) in [4.78, 5) is 30.2. The van der Waals surface area contributed by atoms with Gasteiger partial charge < -0.3 is 30.0 Å². The lowest BCUT2D eigenvalue weighted by atomic mass is 10.3. The molecule has 3 rings (SSSR count). The Hall–Kier alpha value is -4.11. The number of hydrogen-bond donors (Lipinski definition) is 4. The lowest BCUT2D eigenvalue weighted by Crippen LogP contribution is -2.27. The molecule has 3 aromatic rings. The van der Waals surface area contributed by atoms with E-state index in [4.69, 9.17) is 29.0 Å². The summed E-state index contributed by atoms with van der Waals surface area (Å²) in [5, 5.41) is 20.6. The average molecular weight is 412 g/mol. The predicted molar refractivity (Wildman–Crippen MR) is 107 cm³/mol. The topological polar surface area (TPSA) is 138 Å². The van der Waals surface area contributed by atoms with Crippen LogP contribution in [0, 0.1) is 0 Å². The SMILES string of the molecule is O=C(CNCc1ccco1)Nc1cccc(Oc2ccccc2)c1.O=C(O)C(=O)O. The number of carbonyl (C=O) groups is 3. The van der Waals surface area contributed by atoms with Gasteiger partial charge in [0.05, 0.1) is 19.4 Å². The highest BCUT2D eigenvalue weighted by atomic mass is 16.5. The molecule has 30 heavy (non-hydrogen) atoms. The number of hydrogen-bond acceptors (Lipinski definition) is 6. The van der Waals surface area contributed by atoms with Gasteiger partial charge >= 0.3 is 11.9 Å². The minimum absolute atomic E-state index is 0.126. The van der Waals surface area contributed by atoms with Gasteiger partial charge in [0, 0.05) is 11.8 Å². The van der Waals surface area contributed by atoms with Crippen molar-refractivity contribution in [2.75, 3.05) is 11.9 Å². The lowest BCUT2D eigenvalue weighted by molar-refractivity contribution is -0.159. The third-order valence-corrected chi connectivity index (χ3v) is 3.44. The molecule has 0 saturated carbocycles. The van der Waals surface area contributed by atoms with E-state index in [0.717, 1.165) is 11.5 Å². The fraction of sp³-hybridized carbons (Fsp3) is 0.0952. The molecule has 0 aliphatic rings. The maximum absolute atomic E-state index is 12.0. The van der Waals surface area contributed by atoms with Gasteiger partial charge in [-0.1, -0.05) is 24.3 Å². The number of anilines is 1. The fourth-order valence-corrected chi connectivity index (χ4v) is 2.18. The Bertz CT molecular complexity index is 945. The lowest BCUT2D eigenvalue weighted by Gasteiger charge is -2.09. The molecule has 0 unspecified atom stereocenters. The number of carboxylic acids is 2. The van der Waals surface area contributed by atoms with Crippen molar-refractivity contribution in [3.63, 3.8) is 0 Å². The van der Waals surface area contributed by atoms with Gasteiger partial charge in [-0.25, -0.2) is 9.59 Å². The average Bonchev–Trinajstić information content (AvgIpc) is 3.23. The zero-order valence-corrected chi connectivity index (χ0v) is 15.8. The van der Waals surface area contributed by atoms with Crippen molar-refractivity contribution >= 4 is 23.5 Å². The number of nitrogens with one attached hydrogen (secondary N) is 2. The Morgan fingerprint density at radius 2 is 1.57 bits per heavy atom. The number of para-hydroxylation sites is 1. The third kappa shape index (κ3) is 8.28. The Balaban J connectivity index is 0.000000469. The molecule has 4 N–H and O–H groups in total. The zero-order valence-electron chi connectivity index (χ0n) is 15.8. The van der Waals surface area contributed by atoms with Gasteiger partial charge in [0.25, 0.3) is 0 Å². The Labute approximate surface area is 171 Å². The van der Waals surface area contributed by atoms with Crippen molar-refractivity contribution in [2.24, 2.45) is 0 Å². The van der Waals surface area contributed by atoms with Crippen LogP contribution in [0.2, 0.25) is 0 Å². The van der Waals surface area contributed by atoms with E-state index in [0.29, 0.717) is 18.0 Å². The molecule has 1 aromatic heterocycles. The van der Waals surface area contributed by atoms with E-state index in [-0.39, 0.29) is 12.5 Å². The molecule has 1 amide bonds. The second-order valence-electron chi connectivity index (χ2n) is 5.78. The van der Waals surface area contributed by atoms with Crippen LogP contribution in [-0.2, 0) is 20.9 Å². The molecule has 0 aliphatic carbocycles. The van der Waals surface area contributed by atoms with Gasteiger partial charge in [-0.15, -0.1) is 0 Å². The number of carboxylic acid groups (broad SMARTS) is 2. The molecule has 156 valence electrons. The van der Waals surface area contributed by atoms with Crippen LogP contribution < -0.4 is 15.4 Å². The van der Waals surface area contributed by atoms with Gasteiger partial charge in [-0.05, 0) is 36.4 Å². The van der Waals surface area contributed by atoms with Crippen LogP contribution in [0.15, 0.2) is 77.4 Å². The van der Waals surface area contributed by atoms with Gasteiger partial charge in [0.2, 0.25) is 5.91 Å². The van der Waals surface area contributed by atoms with Crippen molar-refractivity contribution in [1.82, 2.24) is 5.32 Å². The third-order valence-electron chi connectivity index (χ3n) is 3.44. The quantitative estimate of drug-likeness (QED) is 0.435. The van der Waals surface area contributed by atoms with Gasteiger partial charge in [0.1, 0.15) is 17.3 Å². The number of furan rings is 1. The van der Waals surface area contributed by atoms with Crippen LogP contribution >= 0.6 is 0 Å². The molecule has 9 heteroatoms. The number of amides is 1. The summed E-state index contributed by atoms with van der Waals surface area (Å²) in [7, 11) is 0. The first-order valence-corrected chi connectivity index (χ1v) is 8.76. The molecule has 0 fully saturated rings. The molecule has 0 aliphatic heterocycles. The van der Waals surface area contributed by atoms with Crippen molar-refractivity contribution in [1.29, 1.82) is 0 Å². The van der Waals surface area contributed by atoms with E-state index in [1.54, 1.807) is 12.3 Å². The van der Waals surface area contributed by atoms with Crippen LogP contribution in [0.4, 0.5) is 5.69 Å². The van der Waals surface area contributed by atoms with E-state index < -0.39 is 11.9 Å². The molecular formula is C21H20N2O7. The molecule has 9 nitrogen and oxygen atoms in total. The van der Waals surface area contributed by atoms with Crippen LogP contribution in [0.5, 0.6) is 11.5 Å². The highest BCUT2D eigenvalue weighted by molar-refractivity contribution is 6.27. The van der Waals surface area contributed by atoms with E-state index in [2.05, 4.69) is 10.6 Å². The summed E-state index contributed by atoms with van der Waals surface area (Å²) in [6.45, 7) is 0.710. The highest BCUT2D eigenvalue weighted by Crippen LogP contribution is 2.23. The molecule has 1 heterocycles. The van der Waals surface area contributed by atoms with Crippen molar-refractivity contribution in [2.45, 2.75) is 6.54 Å². The number of aliphatic carboxylic acids is 2. The standard InChI is InChI=1S/C19H18N2O3.C2H2O4/c22-19(14-20-13-18-10-5-11-23-18)21-15-6-4-9-17(12-15)24-16-7-2-1-3-8-16;3-1(4)2(5)6/h1-12,20H,13-14H2,(H,21,22);(H,3,4)(H,5,6). The Morgan fingerprint density at radius 1 is 0.867 bits per heavy atom. The summed E-state index contributed by atoms with van der Waals surface area (Å²) in [6.07, 6.45) is 1.61. The first kappa shape index (κ1) is 22.2. The number of carbonyl (C=O) groups excluding carboxylic acids is 1. The monoisotopic (exact) mass is 412 g/mol. The molecule has 0 saturated heterocycles. The fourth-order valence-electron chi connectivity index (χ4n) is 2.18. The molecular weight excluding hydrogens is 392 g/mol. The summed E-state index contributed by atoms with van der Waals surface area (Å²) in [6, 6.07) is 20.5. The van der Waals surface area contributed by atoms with Crippen LogP contribution in [-0.4, -0.2) is 34.6 Å². The van der Waals surface area contributed by atoms with Crippen LogP contribution in [0.1, 0.15) is 5.76 Å². The van der Waals surface area contributed by atoms with E-state index in [9.17, 15) is 4.79 Å². The van der Waals surface area contributed by atoms with Crippen LogP contribution in [0.25, 0.3) is 0 Å². The molecule has 0 spiro atoms. The van der Waals surface area contributed by atoms with E-state index in [1.807, 2.05) is 60.7 Å². The summed E-state index contributed by atoms with van der Waals surface area (Å²) in [5.41, 5.74) is 0.688. The summed E-state index contributed by atoms with van der Waals surface area (Å²) >= 11 is 0. The maximum atomic E-state index is 12.0. The van der Waals surface area contributed by atoms with Gasteiger partial charge in [-0.3, -0.25) is 4.79 Å². The summed E-state index contributed by atoms with van der Waals surface area (Å²) < 4.78 is 10.9. The van der Waals surface area contributed by atoms with E-state index >= 15 is 0 Å². The molecule has 0 atom stereocenters. The smallest absolute Gasteiger partial charge is 0.414 e. The second-order valence-corrected chi connectivity index (χ2v) is 5.78.